The summed E-state index contributed by atoms with van der Waals surface area (Å²) in [7, 11) is 0. The van der Waals surface area contributed by atoms with Gasteiger partial charge in [0.1, 0.15) is 12.4 Å². The molecule has 0 aromatic heterocycles. The first-order chi connectivity index (χ1) is 12.3. The van der Waals surface area contributed by atoms with E-state index in [1.54, 1.807) is 6.26 Å². The first-order valence-corrected chi connectivity index (χ1v) is 9.20. The molecular formula is C24H32O. The highest BCUT2D eigenvalue weighted by molar-refractivity contribution is 5.26. The molecule has 0 aliphatic rings. The van der Waals surface area contributed by atoms with Gasteiger partial charge in [0, 0.05) is 11.8 Å². The van der Waals surface area contributed by atoms with Crippen LogP contribution in [0.3, 0.4) is 0 Å². The summed E-state index contributed by atoms with van der Waals surface area (Å²) < 4.78 is 5.28. The first kappa shape index (κ1) is 22.5. The van der Waals surface area contributed by atoms with Gasteiger partial charge in [-0.05, 0) is 24.1 Å². The van der Waals surface area contributed by atoms with E-state index in [-0.39, 0.29) is 5.92 Å². The lowest BCUT2D eigenvalue weighted by Crippen LogP contribution is -1.89. The zero-order valence-corrected chi connectivity index (χ0v) is 16.5. The SMILES string of the molecule is CC.CC.CC(C#CO/C=C/C(C)c1ccccc1)c1ccccc1. The number of hydrogen-bond donors (Lipinski definition) is 0. The van der Waals surface area contributed by atoms with Crippen LogP contribution in [0.1, 0.15) is 64.5 Å². The van der Waals surface area contributed by atoms with Gasteiger partial charge in [-0.15, -0.1) is 0 Å². The zero-order chi connectivity index (χ0) is 18.9. The fourth-order valence-electron chi connectivity index (χ4n) is 2.01. The highest BCUT2D eigenvalue weighted by Gasteiger charge is 2.00. The molecular weight excluding hydrogens is 304 g/mol. The Morgan fingerprint density at radius 1 is 0.760 bits per heavy atom. The van der Waals surface area contributed by atoms with Gasteiger partial charge in [0.25, 0.3) is 0 Å². The summed E-state index contributed by atoms with van der Waals surface area (Å²) in [4.78, 5) is 0. The summed E-state index contributed by atoms with van der Waals surface area (Å²) in [5.74, 6) is 3.58. The van der Waals surface area contributed by atoms with Crippen molar-refractivity contribution in [3.63, 3.8) is 0 Å². The van der Waals surface area contributed by atoms with Crippen molar-refractivity contribution in [1.82, 2.24) is 0 Å². The molecule has 2 aromatic carbocycles. The van der Waals surface area contributed by atoms with Gasteiger partial charge >= 0.3 is 0 Å². The van der Waals surface area contributed by atoms with Crippen molar-refractivity contribution >= 4 is 0 Å². The molecule has 0 aliphatic heterocycles. The topological polar surface area (TPSA) is 9.23 Å². The van der Waals surface area contributed by atoms with Gasteiger partial charge in [-0.3, -0.25) is 0 Å². The van der Waals surface area contributed by atoms with Gasteiger partial charge in [-0.1, -0.05) is 101 Å². The summed E-state index contributed by atoms with van der Waals surface area (Å²) in [5.41, 5.74) is 2.47. The average Bonchev–Trinajstić information content (AvgIpc) is 2.71. The molecule has 0 radical (unpaired) electrons. The van der Waals surface area contributed by atoms with Gasteiger partial charge in [-0.2, -0.15) is 0 Å². The molecule has 2 rings (SSSR count). The van der Waals surface area contributed by atoms with Gasteiger partial charge in [0.2, 0.25) is 0 Å². The fraction of sp³-hybridized carbons (Fsp3) is 0.333. The minimum Gasteiger partial charge on any atom is -0.416 e. The second-order valence-corrected chi connectivity index (χ2v) is 5.02. The Morgan fingerprint density at radius 2 is 1.24 bits per heavy atom. The maximum absolute atomic E-state index is 5.28. The van der Waals surface area contributed by atoms with E-state index >= 15 is 0 Å². The molecule has 2 atom stereocenters. The molecule has 0 saturated heterocycles. The van der Waals surface area contributed by atoms with Gasteiger partial charge in [0.15, 0.2) is 0 Å². The van der Waals surface area contributed by atoms with Crippen LogP contribution in [-0.2, 0) is 4.74 Å². The Kier molecular flexibility index (Phi) is 13.6. The van der Waals surface area contributed by atoms with Crippen molar-refractivity contribution in [2.45, 2.75) is 53.4 Å². The predicted molar refractivity (Wildman–Crippen MR) is 110 cm³/mol. The van der Waals surface area contributed by atoms with E-state index in [1.807, 2.05) is 70.2 Å². The van der Waals surface area contributed by atoms with Crippen LogP contribution in [0.15, 0.2) is 73.0 Å². The Balaban J connectivity index is 0.00000134. The highest BCUT2D eigenvalue weighted by Crippen LogP contribution is 2.15. The van der Waals surface area contributed by atoms with Gasteiger partial charge in [0.05, 0.1) is 0 Å². The van der Waals surface area contributed by atoms with Crippen molar-refractivity contribution in [1.29, 1.82) is 0 Å². The summed E-state index contributed by atoms with van der Waals surface area (Å²) in [6, 6.07) is 20.5. The van der Waals surface area contributed by atoms with E-state index in [1.165, 1.54) is 11.1 Å². The van der Waals surface area contributed by atoms with Crippen molar-refractivity contribution in [3.8, 4) is 12.0 Å². The molecule has 1 heteroatoms. The second-order valence-electron chi connectivity index (χ2n) is 5.02. The Bertz CT molecular complexity index is 617. The van der Waals surface area contributed by atoms with Crippen LogP contribution in [-0.4, -0.2) is 0 Å². The van der Waals surface area contributed by atoms with Crippen LogP contribution in [0, 0.1) is 12.0 Å². The number of benzene rings is 2. The lowest BCUT2D eigenvalue weighted by molar-refractivity contribution is 0.435. The molecule has 0 aliphatic carbocycles. The lowest BCUT2D eigenvalue weighted by atomic mass is 10.0. The first-order valence-electron chi connectivity index (χ1n) is 9.20. The zero-order valence-electron chi connectivity index (χ0n) is 16.5. The van der Waals surface area contributed by atoms with Crippen LogP contribution < -0.4 is 0 Å². The molecule has 0 fully saturated rings. The van der Waals surface area contributed by atoms with Crippen LogP contribution >= 0.6 is 0 Å². The average molecular weight is 337 g/mol. The van der Waals surface area contributed by atoms with Crippen molar-refractivity contribution in [2.24, 2.45) is 0 Å². The number of hydrogen-bond acceptors (Lipinski definition) is 1. The summed E-state index contributed by atoms with van der Waals surface area (Å²) in [5, 5.41) is 0. The van der Waals surface area contributed by atoms with Crippen LogP contribution in [0.2, 0.25) is 0 Å². The Hall–Kier alpha value is -2.46. The normalized spacial score (nSPS) is 11.6. The van der Waals surface area contributed by atoms with Crippen LogP contribution in [0.4, 0.5) is 0 Å². The van der Waals surface area contributed by atoms with E-state index in [9.17, 15) is 0 Å². The number of rotatable bonds is 4. The van der Waals surface area contributed by atoms with Crippen molar-refractivity contribution in [2.75, 3.05) is 0 Å². The minimum atomic E-state index is 0.172. The third-order valence-electron chi connectivity index (χ3n) is 3.39. The molecule has 0 N–H and O–H groups in total. The monoisotopic (exact) mass is 336 g/mol. The molecule has 0 saturated carbocycles. The maximum atomic E-state index is 5.28. The standard InChI is InChI=1S/C20H20O.2C2H6/c1-17(19-9-5-3-6-10-19)13-15-21-16-14-18(2)20-11-7-4-8-12-20;2*1-2/h3-13,15,17-18H,1-2H3;2*1-2H3/b15-13+;;. The Labute approximate surface area is 154 Å². The third-order valence-corrected chi connectivity index (χ3v) is 3.39. The third kappa shape index (κ3) is 9.42. The van der Waals surface area contributed by atoms with Gasteiger partial charge in [-0.25, -0.2) is 0 Å². The molecule has 0 spiro atoms. The molecule has 25 heavy (non-hydrogen) atoms. The predicted octanol–water partition coefficient (Wildman–Crippen LogP) is 7.14. The van der Waals surface area contributed by atoms with E-state index in [2.05, 4.69) is 50.1 Å². The summed E-state index contributed by atoms with van der Waals surface area (Å²) in [6.07, 6.45) is 6.43. The summed E-state index contributed by atoms with van der Waals surface area (Å²) in [6.45, 7) is 12.2. The number of allylic oxidation sites excluding steroid dienone is 1. The molecule has 0 bridgehead atoms. The number of ether oxygens (including phenoxy) is 1. The molecule has 134 valence electrons. The quantitative estimate of drug-likeness (QED) is 0.426. The molecule has 1 nitrogen and oxygen atoms in total. The van der Waals surface area contributed by atoms with E-state index in [0.717, 1.165) is 0 Å². The van der Waals surface area contributed by atoms with Crippen LogP contribution in [0.25, 0.3) is 0 Å². The Morgan fingerprint density at radius 3 is 1.76 bits per heavy atom. The lowest BCUT2D eigenvalue weighted by Gasteiger charge is -2.04. The smallest absolute Gasteiger partial charge is 0.116 e. The maximum Gasteiger partial charge on any atom is 0.116 e. The van der Waals surface area contributed by atoms with E-state index in [4.69, 9.17) is 4.74 Å². The van der Waals surface area contributed by atoms with E-state index < -0.39 is 0 Å². The molecule has 0 heterocycles. The highest BCUT2D eigenvalue weighted by atomic mass is 16.5. The molecule has 2 aromatic rings. The molecule has 0 amide bonds. The fourth-order valence-corrected chi connectivity index (χ4v) is 2.01. The van der Waals surface area contributed by atoms with Gasteiger partial charge < -0.3 is 4.74 Å². The van der Waals surface area contributed by atoms with Crippen molar-refractivity contribution in [3.05, 3.63) is 84.1 Å². The van der Waals surface area contributed by atoms with E-state index in [0.29, 0.717) is 5.92 Å². The van der Waals surface area contributed by atoms with Crippen LogP contribution in [0.5, 0.6) is 0 Å². The second kappa shape index (κ2) is 15.1. The minimum absolute atomic E-state index is 0.172. The largest absolute Gasteiger partial charge is 0.416 e. The summed E-state index contributed by atoms with van der Waals surface area (Å²) >= 11 is 0. The molecule has 2 unspecified atom stereocenters. The van der Waals surface area contributed by atoms with Crippen molar-refractivity contribution < 1.29 is 4.74 Å².